The number of nitrogens with one attached hydrogen (secondary N) is 2. The Kier molecular flexibility index (Phi) is 11.9. The summed E-state index contributed by atoms with van der Waals surface area (Å²) in [5, 5.41) is 5.36. The number of unbranched alkanes of at least 4 members (excludes halogenated alkanes) is 1. The van der Waals surface area contributed by atoms with Crippen LogP contribution in [0.4, 0.5) is 0 Å². The van der Waals surface area contributed by atoms with Crippen LogP contribution in [-0.4, -0.2) is 62.0 Å². The van der Waals surface area contributed by atoms with Crippen molar-refractivity contribution in [3.05, 3.63) is 0 Å². The van der Waals surface area contributed by atoms with Crippen LogP contribution < -0.4 is 10.6 Å². The van der Waals surface area contributed by atoms with E-state index in [-0.39, 0.29) is 36.0 Å². The van der Waals surface area contributed by atoms with Crippen LogP contribution in [0.5, 0.6) is 0 Å². The van der Waals surface area contributed by atoms with Gasteiger partial charge in [-0.25, -0.2) is 0 Å². The third-order valence-corrected chi connectivity index (χ3v) is 4.31. The van der Waals surface area contributed by atoms with E-state index in [0.717, 1.165) is 12.8 Å². The van der Waals surface area contributed by atoms with Crippen LogP contribution in [0.1, 0.15) is 53.9 Å². The second-order valence-electron chi connectivity index (χ2n) is 7.25. The summed E-state index contributed by atoms with van der Waals surface area (Å²) in [6.07, 6.45) is 2.25. The molecule has 0 spiro atoms. The van der Waals surface area contributed by atoms with Gasteiger partial charge in [-0.15, -0.1) is 0 Å². The van der Waals surface area contributed by atoms with Gasteiger partial charge in [-0.05, 0) is 18.3 Å². The van der Waals surface area contributed by atoms with Gasteiger partial charge < -0.3 is 20.3 Å². The molecule has 0 saturated heterocycles. The SMILES string of the molecule is CCCCOCCC(=O)N(C)C(C(=O)N[C@H](C(=O)NC)C(C)C)C(C)C. The van der Waals surface area contributed by atoms with Crippen LogP contribution in [-0.2, 0) is 19.1 Å². The molecule has 0 radical (unpaired) electrons. The maximum atomic E-state index is 12.8. The highest BCUT2D eigenvalue weighted by atomic mass is 16.5. The highest BCUT2D eigenvalue weighted by Gasteiger charge is 2.33. The van der Waals surface area contributed by atoms with E-state index in [1.807, 2.05) is 27.7 Å². The Morgan fingerprint density at radius 3 is 2.08 bits per heavy atom. The molecule has 0 aliphatic carbocycles. The van der Waals surface area contributed by atoms with E-state index in [4.69, 9.17) is 4.74 Å². The van der Waals surface area contributed by atoms with Gasteiger partial charge in [0.2, 0.25) is 17.7 Å². The van der Waals surface area contributed by atoms with Gasteiger partial charge in [-0.1, -0.05) is 41.0 Å². The summed E-state index contributed by atoms with van der Waals surface area (Å²) >= 11 is 0. The first kappa shape index (κ1) is 24.4. The fraction of sp³-hybridized carbons (Fsp3) is 0.842. The lowest BCUT2D eigenvalue weighted by molar-refractivity contribution is -0.142. The van der Waals surface area contributed by atoms with Crippen LogP contribution in [0.3, 0.4) is 0 Å². The maximum Gasteiger partial charge on any atom is 0.243 e. The molecule has 2 atom stereocenters. The van der Waals surface area contributed by atoms with E-state index in [0.29, 0.717) is 13.2 Å². The standard InChI is InChI=1S/C19H37N3O4/c1-8-9-11-26-12-10-15(23)22(7)17(14(4)5)19(25)21-16(13(2)3)18(24)20-6/h13-14,16-17H,8-12H2,1-7H3,(H,20,24)(H,21,25)/t16-,17?/m0/s1. The van der Waals surface area contributed by atoms with Gasteiger partial charge in [0.15, 0.2) is 0 Å². The topological polar surface area (TPSA) is 87.7 Å². The first-order valence-corrected chi connectivity index (χ1v) is 9.52. The van der Waals surface area contributed by atoms with Crippen molar-refractivity contribution >= 4 is 17.7 Å². The van der Waals surface area contributed by atoms with E-state index < -0.39 is 12.1 Å². The van der Waals surface area contributed by atoms with Crippen molar-refractivity contribution in [1.29, 1.82) is 0 Å². The smallest absolute Gasteiger partial charge is 0.243 e. The van der Waals surface area contributed by atoms with Crippen molar-refractivity contribution in [3.8, 4) is 0 Å². The van der Waals surface area contributed by atoms with Gasteiger partial charge in [0, 0.05) is 20.7 Å². The molecular formula is C19H37N3O4. The molecule has 0 rings (SSSR count). The zero-order valence-corrected chi connectivity index (χ0v) is 17.4. The molecule has 152 valence electrons. The van der Waals surface area contributed by atoms with Crippen molar-refractivity contribution in [2.45, 2.75) is 66.0 Å². The number of hydrogen-bond acceptors (Lipinski definition) is 4. The minimum Gasteiger partial charge on any atom is -0.381 e. The molecule has 7 nitrogen and oxygen atoms in total. The molecule has 0 aromatic carbocycles. The van der Waals surface area contributed by atoms with E-state index in [1.165, 1.54) is 11.9 Å². The minimum absolute atomic E-state index is 0.0558. The molecule has 0 aliphatic heterocycles. The lowest BCUT2D eigenvalue weighted by atomic mass is 9.98. The number of likely N-dealkylation sites (N-methyl/N-ethyl adjacent to an activating group) is 2. The predicted molar refractivity (Wildman–Crippen MR) is 103 cm³/mol. The summed E-state index contributed by atoms with van der Waals surface area (Å²) in [4.78, 5) is 38.6. The van der Waals surface area contributed by atoms with Crippen LogP contribution in [0, 0.1) is 11.8 Å². The Morgan fingerprint density at radius 1 is 1.00 bits per heavy atom. The highest BCUT2D eigenvalue weighted by molar-refractivity contribution is 5.92. The molecule has 0 bridgehead atoms. The first-order chi connectivity index (χ1) is 12.2. The summed E-state index contributed by atoms with van der Waals surface area (Å²) in [5.41, 5.74) is 0. The summed E-state index contributed by atoms with van der Waals surface area (Å²) in [5.74, 6) is -0.835. The molecule has 0 aromatic heterocycles. The van der Waals surface area contributed by atoms with E-state index in [1.54, 1.807) is 7.05 Å². The molecule has 0 aromatic rings. The van der Waals surface area contributed by atoms with Crippen LogP contribution in [0.2, 0.25) is 0 Å². The Bertz CT molecular complexity index is 452. The summed E-state index contributed by atoms with van der Waals surface area (Å²) < 4.78 is 5.44. The Morgan fingerprint density at radius 2 is 1.62 bits per heavy atom. The van der Waals surface area contributed by atoms with Crippen LogP contribution in [0.25, 0.3) is 0 Å². The van der Waals surface area contributed by atoms with Crippen molar-refractivity contribution in [3.63, 3.8) is 0 Å². The van der Waals surface area contributed by atoms with E-state index in [9.17, 15) is 14.4 Å². The van der Waals surface area contributed by atoms with Crippen molar-refractivity contribution in [2.24, 2.45) is 11.8 Å². The predicted octanol–water partition coefficient (Wildman–Crippen LogP) is 1.56. The number of ether oxygens (including phenoxy) is 1. The van der Waals surface area contributed by atoms with E-state index >= 15 is 0 Å². The van der Waals surface area contributed by atoms with E-state index in [2.05, 4.69) is 17.6 Å². The normalized spacial score (nSPS) is 13.4. The van der Waals surface area contributed by atoms with Crippen LogP contribution >= 0.6 is 0 Å². The first-order valence-electron chi connectivity index (χ1n) is 9.52. The Hall–Kier alpha value is -1.63. The average Bonchev–Trinajstić information content (AvgIpc) is 2.57. The molecule has 3 amide bonds. The maximum absolute atomic E-state index is 12.8. The van der Waals surface area contributed by atoms with Gasteiger partial charge in [-0.3, -0.25) is 14.4 Å². The lowest BCUT2D eigenvalue weighted by Crippen LogP contribution is -2.56. The van der Waals surface area contributed by atoms with Gasteiger partial charge in [0.25, 0.3) is 0 Å². The molecule has 0 aliphatic rings. The van der Waals surface area contributed by atoms with Gasteiger partial charge in [0.05, 0.1) is 13.0 Å². The fourth-order valence-electron chi connectivity index (χ4n) is 2.69. The molecule has 2 N–H and O–H groups in total. The second kappa shape index (κ2) is 12.7. The highest BCUT2D eigenvalue weighted by Crippen LogP contribution is 2.13. The number of carbonyl (C=O) groups is 3. The number of carbonyl (C=O) groups excluding carboxylic acids is 3. The third kappa shape index (κ3) is 8.17. The fourth-order valence-corrected chi connectivity index (χ4v) is 2.69. The minimum atomic E-state index is -0.635. The molecule has 26 heavy (non-hydrogen) atoms. The molecule has 0 saturated carbocycles. The summed E-state index contributed by atoms with van der Waals surface area (Å²) in [6, 6.07) is -1.27. The quantitative estimate of drug-likeness (QED) is 0.510. The Labute approximate surface area is 158 Å². The zero-order valence-electron chi connectivity index (χ0n) is 17.4. The number of nitrogens with zero attached hydrogens (tertiary/aromatic N) is 1. The summed E-state index contributed by atoms with van der Waals surface area (Å²) in [6.45, 7) is 10.6. The number of hydrogen-bond donors (Lipinski definition) is 2. The van der Waals surface area contributed by atoms with Gasteiger partial charge >= 0.3 is 0 Å². The second-order valence-corrected chi connectivity index (χ2v) is 7.25. The molecular weight excluding hydrogens is 334 g/mol. The van der Waals surface area contributed by atoms with Gasteiger partial charge in [0.1, 0.15) is 12.1 Å². The summed E-state index contributed by atoms with van der Waals surface area (Å²) in [7, 11) is 3.17. The number of amides is 3. The molecule has 1 unspecified atom stereocenters. The molecule has 0 heterocycles. The zero-order chi connectivity index (χ0) is 20.3. The average molecular weight is 372 g/mol. The lowest BCUT2D eigenvalue weighted by Gasteiger charge is -2.32. The Balaban J connectivity index is 4.89. The monoisotopic (exact) mass is 371 g/mol. The van der Waals surface area contributed by atoms with Gasteiger partial charge in [-0.2, -0.15) is 0 Å². The van der Waals surface area contributed by atoms with Crippen molar-refractivity contribution in [2.75, 3.05) is 27.3 Å². The molecule has 7 heteroatoms. The van der Waals surface area contributed by atoms with Crippen LogP contribution in [0.15, 0.2) is 0 Å². The van der Waals surface area contributed by atoms with Crippen molar-refractivity contribution < 1.29 is 19.1 Å². The molecule has 0 fully saturated rings. The largest absolute Gasteiger partial charge is 0.381 e. The third-order valence-electron chi connectivity index (χ3n) is 4.31. The van der Waals surface area contributed by atoms with Crippen molar-refractivity contribution in [1.82, 2.24) is 15.5 Å². The number of rotatable bonds is 12.